The number of aliphatic hydroxyl groups excluding tert-OH is 5. The number of hydrogen-bond acceptors (Lipinski definition) is 14. The van der Waals surface area contributed by atoms with E-state index >= 15 is 0 Å². The summed E-state index contributed by atoms with van der Waals surface area (Å²) in [5.74, 6) is -0.770. The molecule has 2 heterocycles. The van der Waals surface area contributed by atoms with E-state index in [4.69, 9.17) is 54.0 Å². The molecule has 5 rings (SSSR count). The van der Waals surface area contributed by atoms with Gasteiger partial charge in [0, 0.05) is 11.8 Å². The smallest absolute Gasteiger partial charge is 0.335 e. The molecule has 15 heteroatoms. The van der Waals surface area contributed by atoms with Crippen LogP contribution in [-0.2, 0) is 19.1 Å². The molecule has 0 radical (unpaired) electrons. The lowest BCUT2D eigenvalue weighted by molar-refractivity contribution is -0.163. The number of hydrogen-bond donors (Lipinski definition) is 6. The zero-order chi connectivity index (χ0) is 31.6. The second-order valence-corrected chi connectivity index (χ2v) is 9.93. The van der Waals surface area contributed by atoms with E-state index in [-0.39, 0.29) is 37.5 Å². The molecule has 2 aromatic carbocycles. The first-order valence-electron chi connectivity index (χ1n) is 13.0. The van der Waals surface area contributed by atoms with Gasteiger partial charge < -0.3 is 63.9 Å². The Morgan fingerprint density at radius 1 is 0.907 bits per heavy atom. The van der Waals surface area contributed by atoms with Gasteiger partial charge in [0.2, 0.25) is 12.5 Å². The Labute approximate surface area is 244 Å². The largest absolute Gasteiger partial charge is 0.493 e. The van der Waals surface area contributed by atoms with Crippen molar-refractivity contribution in [3.8, 4) is 28.7 Å². The molecule has 1 aliphatic carbocycles. The van der Waals surface area contributed by atoms with Gasteiger partial charge in [-0.3, -0.25) is 4.79 Å². The highest BCUT2D eigenvalue weighted by Gasteiger charge is 2.52. The molecule has 0 spiro atoms. The molecule has 0 amide bonds. The van der Waals surface area contributed by atoms with Crippen molar-refractivity contribution in [3.05, 3.63) is 41.0 Å². The maximum atomic E-state index is 12.7. The molecule has 2 aromatic rings. The average molecular weight is 609 g/mol. The first-order valence-corrected chi connectivity index (χ1v) is 13.0. The standard InChI is InChI=1S/C22H22O8.C6H10O7/c1-25-16-4-10(5-17(26-2)21(16)27-3)18-11-6-14-15(30-9-29-14)7-12(11)20(23)13-8-28-22(24)19(13)18;7-1-2(8)3(9)4(10)5(11)6(12)13/h4-7,13,18-20,23H,8-9H2,1-3H3;1-5,8-11H,(H,12,13)/t13-,18+,19-,20-;2-,3+,4-,5-/m00/s1. The van der Waals surface area contributed by atoms with Crippen LogP contribution in [0.3, 0.4) is 0 Å². The Morgan fingerprint density at radius 3 is 2.00 bits per heavy atom. The van der Waals surface area contributed by atoms with Gasteiger partial charge in [-0.15, -0.1) is 0 Å². The molecule has 0 aromatic heterocycles. The minimum Gasteiger partial charge on any atom is -0.493 e. The Kier molecular flexibility index (Phi) is 9.62. The minimum atomic E-state index is -2.25. The number of carbonyl (C=O) groups is 3. The number of methoxy groups -OCH3 is 3. The number of carboxylic acid groups (broad SMARTS) is 1. The zero-order valence-electron chi connectivity index (χ0n) is 23.3. The molecule has 3 aliphatic rings. The van der Waals surface area contributed by atoms with Crippen LogP contribution in [0.15, 0.2) is 24.3 Å². The fourth-order valence-corrected chi connectivity index (χ4v) is 5.43. The van der Waals surface area contributed by atoms with Crippen LogP contribution in [0.25, 0.3) is 0 Å². The molecule has 1 saturated heterocycles. The van der Waals surface area contributed by atoms with Crippen molar-refractivity contribution >= 4 is 18.2 Å². The summed E-state index contributed by atoms with van der Waals surface area (Å²) >= 11 is 0. The number of benzene rings is 2. The number of rotatable bonds is 9. The summed E-state index contributed by atoms with van der Waals surface area (Å²) in [5, 5.41) is 54.2. The van der Waals surface area contributed by atoms with Crippen molar-refractivity contribution in [2.45, 2.75) is 36.4 Å². The highest BCUT2D eigenvalue weighted by Crippen LogP contribution is 2.55. The highest BCUT2D eigenvalue weighted by molar-refractivity contribution is 5.79. The van der Waals surface area contributed by atoms with Crippen molar-refractivity contribution in [2.75, 3.05) is 34.7 Å². The molecule has 43 heavy (non-hydrogen) atoms. The number of cyclic esters (lactones) is 1. The monoisotopic (exact) mass is 608 g/mol. The molecule has 1 fully saturated rings. The zero-order valence-corrected chi connectivity index (χ0v) is 23.3. The number of esters is 1. The van der Waals surface area contributed by atoms with Crippen LogP contribution in [0.1, 0.15) is 28.7 Å². The third-order valence-corrected chi connectivity index (χ3v) is 7.61. The van der Waals surface area contributed by atoms with E-state index in [0.717, 1.165) is 11.1 Å². The predicted molar refractivity (Wildman–Crippen MR) is 141 cm³/mol. The van der Waals surface area contributed by atoms with Crippen LogP contribution in [0.2, 0.25) is 0 Å². The molecule has 2 aliphatic heterocycles. The van der Waals surface area contributed by atoms with E-state index in [0.29, 0.717) is 34.3 Å². The van der Waals surface area contributed by atoms with E-state index in [1.54, 1.807) is 20.3 Å². The van der Waals surface area contributed by atoms with Crippen LogP contribution in [0, 0.1) is 11.8 Å². The summed E-state index contributed by atoms with van der Waals surface area (Å²) < 4.78 is 32.9. The molecular weight excluding hydrogens is 576 g/mol. The Morgan fingerprint density at radius 2 is 1.49 bits per heavy atom. The van der Waals surface area contributed by atoms with Crippen LogP contribution < -0.4 is 23.7 Å². The molecule has 15 nitrogen and oxygen atoms in total. The molecule has 234 valence electrons. The first kappa shape index (κ1) is 31.8. The van der Waals surface area contributed by atoms with Crippen molar-refractivity contribution in [3.63, 3.8) is 0 Å². The van der Waals surface area contributed by atoms with Crippen molar-refractivity contribution < 1.29 is 73.4 Å². The predicted octanol–water partition coefficient (Wildman–Crippen LogP) is -0.877. The summed E-state index contributed by atoms with van der Waals surface area (Å²) in [6.07, 6.45) is -9.23. The molecule has 6 N–H and O–H groups in total. The van der Waals surface area contributed by atoms with E-state index < -0.39 is 42.4 Å². The van der Waals surface area contributed by atoms with Gasteiger partial charge in [0.1, 0.15) is 18.3 Å². The van der Waals surface area contributed by atoms with Gasteiger partial charge in [0.15, 0.2) is 35.4 Å². The summed E-state index contributed by atoms with van der Waals surface area (Å²) in [6, 6.07) is 7.31. The number of aliphatic hydroxyl groups is 5. The normalized spacial score (nSPS) is 24.1. The number of carbonyl (C=O) groups excluding carboxylic acids is 2. The minimum absolute atomic E-state index is 0.0809. The average Bonchev–Trinajstić information content (AvgIpc) is 3.64. The third kappa shape index (κ3) is 5.89. The number of ether oxygens (including phenoxy) is 6. The Balaban J connectivity index is 0.000000277. The molecule has 8 atom stereocenters. The number of aliphatic carboxylic acids is 1. The van der Waals surface area contributed by atoms with Gasteiger partial charge in [0.05, 0.1) is 40.0 Å². The van der Waals surface area contributed by atoms with Gasteiger partial charge in [-0.25, -0.2) is 4.79 Å². The molecular formula is C28H32O15. The van der Waals surface area contributed by atoms with Crippen LogP contribution in [0.4, 0.5) is 0 Å². The third-order valence-electron chi connectivity index (χ3n) is 7.61. The fraction of sp³-hybridized carbons (Fsp3) is 0.464. The second-order valence-electron chi connectivity index (χ2n) is 9.93. The number of carboxylic acids is 1. The molecule has 0 saturated carbocycles. The first-order chi connectivity index (χ1) is 20.5. The lowest BCUT2D eigenvalue weighted by Gasteiger charge is -2.37. The summed E-state index contributed by atoms with van der Waals surface area (Å²) in [7, 11) is 4.63. The van der Waals surface area contributed by atoms with Gasteiger partial charge in [-0.05, 0) is 41.0 Å². The van der Waals surface area contributed by atoms with E-state index in [1.807, 2.05) is 18.2 Å². The number of fused-ring (bicyclic) bond motifs is 3. The fourth-order valence-electron chi connectivity index (χ4n) is 5.43. The van der Waals surface area contributed by atoms with Gasteiger partial charge in [-0.1, -0.05) is 0 Å². The molecule has 0 unspecified atom stereocenters. The Bertz CT molecular complexity index is 1330. The summed E-state index contributed by atoms with van der Waals surface area (Å²) in [6.45, 7) is 0.289. The van der Waals surface area contributed by atoms with Gasteiger partial charge in [-0.2, -0.15) is 0 Å². The van der Waals surface area contributed by atoms with Gasteiger partial charge >= 0.3 is 11.9 Å². The van der Waals surface area contributed by atoms with Crippen LogP contribution >= 0.6 is 0 Å². The van der Waals surface area contributed by atoms with E-state index in [1.165, 1.54) is 7.11 Å². The van der Waals surface area contributed by atoms with Crippen molar-refractivity contribution in [1.82, 2.24) is 0 Å². The van der Waals surface area contributed by atoms with Crippen molar-refractivity contribution in [1.29, 1.82) is 0 Å². The topological polar surface area (TPSA) is 228 Å². The molecule has 0 bridgehead atoms. The maximum Gasteiger partial charge on any atom is 0.335 e. The second kappa shape index (κ2) is 13.0. The lowest BCUT2D eigenvalue weighted by Crippen LogP contribution is -2.48. The SMILES string of the molecule is COc1cc([C@@H]2c3cc4c(cc3[C@H](O)[C@H]3COC(=O)[C@H]23)OCO4)cc(OC)c1OC.O=C[C@H](O)[C@@H](O)[C@H](O)[C@H](O)C(=O)O. The van der Waals surface area contributed by atoms with Crippen molar-refractivity contribution in [2.24, 2.45) is 11.8 Å². The quantitative estimate of drug-likeness (QED) is 0.150. The van der Waals surface area contributed by atoms with Crippen LogP contribution in [0.5, 0.6) is 28.7 Å². The highest BCUT2D eigenvalue weighted by atomic mass is 16.7. The summed E-state index contributed by atoms with van der Waals surface area (Å²) in [5.41, 5.74) is 2.30. The van der Waals surface area contributed by atoms with Gasteiger partial charge in [0.25, 0.3) is 0 Å². The Hall–Kier alpha value is -4.15. The van der Waals surface area contributed by atoms with E-state index in [2.05, 4.69) is 0 Å². The maximum absolute atomic E-state index is 12.7. The number of aldehydes is 1. The summed E-state index contributed by atoms with van der Waals surface area (Å²) in [4.78, 5) is 32.7. The lowest BCUT2D eigenvalue weighted by atomic mass is 9.66. The van der Waals surface area contributed by atoms with E-state index in [9.17, 15) is 19.5 Å². The van der Waals surface area contributed by atoms with Crippen LogP contribution in [-0.4, -0.2) is 108 Å².